The van der Waals surface area contributed by atoms with Crippen LogP contribution in [0.25, 0.3) is 10.9 Å². The van der Waals surface area contributed by atoms with Crippen LogP contribution in [-0.4, -0.2) is 61.2 Å². The summed E-state index contributed by atoms with van der Waals surface area (Å²) >= 11 is 0. The molecule has 2 heterocycles. The number of hydrogen-bond acceptors (Lipinski definition) is 5. The molecule has 0 saturated carbocycles. The van der Waals surface area contributed by atoms with Gasteiger partial charge in [0.05, 0.1) is 12.1 Å². The van der Waals surface area contributed by atoms with Crippen LogP contribution in [0.5, 0.6) is 0 Å². The second kappa shape index (κ2) is 12.7. The first kappa shape index (κ1) is 32.5. The molecule has 0 aliphatic carbocycles. The van der Waals surface area contributed by atoms with Crippen LogP contribution < -0.4 is 5.32 Å². The standard InChI is InChI=1S/C33H46FN3O5Si/c1-32(2,3)41-31(39)37-17-16-28(42-43(7,8)33(4,5)6)29(37)26(25-19-35-27-18-23(34)14-15-24(25)27)20-36-30(38)40-21-22-12-10-9-11-13-22/h9-15,18-19,26,28-29,35H,16-17,20-21H2,1-8H3,(H,36,38)/t26-,28+,29-/m1/s1. The van der Waals surface area contributed by atoms with E-state index in [9.17, 15) is 14.0 Å². The van der Waals surface area contributed by atoms with Gasteiger partial charge in [0, 0.05) is 36.1 Å². The van der Waals surface area contributed by atoms with E-state index in [4.69, 9.17) is 13.9 Å². The maximum absolute atomic E-state index is 14.1. The minimum atomic E-state index is -2.26. The highest BCUT2D eigenvalue weighted by Gasteiger charge is 2.49. The van der Waals surface area contributed by atoms with Gasteiger partial charge < -0.3 is 29.1 Å². The third kappa shape index (κ3) is 7.97. The lowest BCUT2D eigenvalue weighted by molar-refractivity contribution is 0.0128. The molecule has 2 N–H and O–H groups in total. The molecule has 1 aromatic heterocycles. The number of likely N-dealkylation sites (tertiary alicyclic amines) is 1. The van der Waals surface area contributed by atoms with E-state index in [1.54, 1.807) is 11.0 Å². The largest absolute Gasteiger partial charge is 0.445 e. The molecule has 2 aromatic carbocycles. The van der Waals surface area contributed by atoms with Crippen molar-refractivity contribution in [2.75, 3.05) is 13.1 Å². The first-order chi connectivity index (χ1) is 20.1. The Kier molecular flexibility index (Phi) is 9.61. The molecular weight excluding hydrogens is 565 g/mol. The Morgan fingerprint density at radius 1 is 1.09 bits per heavy atom. The number of rotatable bonds is 8. The monoisotopic (exact) mass is 611 g/mol. The summed E-state index contributed by atoms with van der Waals surface area (Å²) in [6, 6.07) is 13.6. The van der Waals surface area contributed by atoms with E-state index in [-0.39, 0.29) is 30.1 Å². The molecule has 0 spiro atoms. The van der Waals surface area contributed by atoms with Gasteiger partial charge in [0.2, 0.25) is 0 Å². The van der Waals surface area contributed by atoms with Crippen LogP contribution in [0.1, 0.15) is 65.0 Å². The number of nitrogens with one attached hydrogen (secondary N) is 2. The molecule has 1 saturated heterocycles. The topological polar surface area (TPSA) is 92.9 Å². The van der Waals surface area contributed by atoms with Crippen LogP contribution in [0.3, 0.4) is 0 Å². The van der Waals surface area contributed by atoms with Gasteiger partial charge in [-0.25, -0.2) is 14.0 Å². The van der Waals surface area contributed by atoms with Crippen LogP contribution in [0.4, 0.5) is 14.0 Å². The molecule has 234 valence electrons. The Bertz CT molecular complexity index is 1410. The van der Waals surface area contributed by atoms with Crippen LogP contribution >= 0.6 is 0 Å². The van der Waals surface area contributed by atoms with Gasteiger partial charge in [-0.2, -0.15) is 0 Å². The summed E-state index contributed by atoms with van der Waals surface area (Å²) < 4.78 is 32.5. The molecular formula is C33H46FN3O5Si. The summed E-state index contributed by atoms with van der Waals surface area (Å²) in [5.41, 5.74) is 1.67. The van der Waals surface area contributed by atoms with Crippen molar-refractivity contribution >= 4 is 31.4 Å². The molecule has 0 bridgehead atoms. The van der Waals surface area contributed by atoms with Crippen molar-refractivity contribution in [3.63, 3.8) is 0 Å². The molecule has 3 atom stereocenters. The predicted octanol–water partition coefficient (Wildman–Crippen LogP) is 7.72. The number of hydrogen-bond donors (Lipinski definition) is 2. The van der Waals surface area contributed by atoms with Gasteiger partial charge in [0.25, 0.3) is 0 Å². The van der Waals surface area contributed by atoms with Gasteiger partial charge >= 0.3 is 12.2 Å². The zero-order valence-electron chi connectivity index (χ0n) is 26.6. The summed E-state index contributed by atoms with van der Waals surface area (Å²) in [6.45, 7) is 17.2. The fourth-order valence-electron chi connectivity index (χ4n) is 5.29. The molecule has 0 radical (unpaired) electrons. The first-order valence-corrected chi connectivity index (χ1v) is 17.8. The quantitative estimate of drug-likeness (QED) is 0.255. The van der Waals surface area contributed by atoms with Crippen LogP contribution in [0.15, 0.2) is 54.7 Å². The zero-order valence-corrected chi connectivity index (χ0v) is 27.6. The van der Waals surface area contributed by atoms with Crippen molar-refractivity contribution in [2.45, 2.75) is 96.4 Å². The molecule has 10 heteroatoms. The molecule has 2 amide bonds. The number of H-pyrrole nitrogens is 1. The molecule has 4 rings (SSSR count). The van der Waals surface area contributed by atoms with E-state index in [1.165, 1.54) is 12.1 Å². The SMILES string of the molecule is CC(C)(C)OC(=O)N1CC[C@H](O[Si](C)(C)C(C)(C)C)[C@H]1[C@H](CNC(=O)OCc1ccccc1)c1c[nH]c2cc(F)ccc12. The summed E-state index contributed by atoms with van der Waals surface area (Å²) in [5, 5.41) is 3.71. The highest BCUT2D eigenvalue weighted by molar-refractivity contribution is 6.74. The second-order valence-electron chi connectivity index (χ2n) is 13.9. The number of ether oxygens (including phenoxy) is 2. The van der Waals surface area contributed by atoms with Crippen molar-refractivity contribution in [2.24, 2.45) is 0 Å². The Labute approximate surface area is 255 Å². The average Bonchev–Trinajstić information content (AvgIpc) is 3.51. The maximum Gasteiger partial charge on any atom is 0.410 e. The van der Waals surface area contributed by atoms with Gasteiger partial charge in [-0.3, -0.25) is 0 Å². The number of aromatic nitrogens is 1. The fraction of sp³-hybridized carbons (Fsp3) is 0.515. The normalized spacial score (nSPS) is 18.5. The van der Waals surface area contributed by atoms with E-state index in [0.29, 0.717) is 18.5 Å². The summed E-state index contributed by atoms with van der Waals surface area (Å²) in [5.74, 6) is -0.760. The van der Waals surface area contributed by atoms with E-state index in [0.717, 1.165) is 16.5 Å². The lowest BCUT2D eigenvalue weighted by Crippen LogP contribution is -2.52. The number of amides is 2. The van der Waals surface area contributed by atoms with Gasteiger partial charge in [-0.05, 0) is 74.7 Å². The van der Waals surface area contributed by atoms with Crippen LogP contribution in [-0.2, 0) is 20.5 Å². The van der Waals surface area contributed by atoms with Crippen molar-refractivity contribution in [1.82, 2.24) is 15.2 Å². The number of carbonyl (C=O) groups is 2. The summed E-state index contributed by atoms with van der Waals surface area (Å²) in [4.78, 5) is 31.5. The van der Waals surface area contributed by atoms with E-state index in [1.807, 2.05) is 57.3 Å². The van der Waals surface area contributed by atoms with Crippen molar-refractivity contribution in [3.05, 3.63) is 71.7 Å². The van der Waals surface area contributed by atoms with Crippen molar-refractivity contribution < 1.29 is 27.9 Å². The van der Waals surface area contributed by atoms with Gasteiger partial charge in [0.15, 0.2) is 8.32 Å². The molecule has 8 nitrogen and oxygen atoms in total. The van der Waals surface area contributed by atoms with Crippen LogP contribution in [0.2, 0.25) is 18.1 Å². The Morgan fingerprint density at radius 2 is 1.79 bits per heavy atom. The smallest absolute Gasteiger partial charge is 0.410 e. The zero-order chi connectivity index (χ0) is 31.6. The minimum Gasteiger partial charge on any atom is -0.445 e. The molecule has 1 aliphatic rings. The predicted molar refractivity (Wildman–Crippen MR) is 169 cm³/mol. The van der Waals surface area contributed by atoms with Crippen molar-refractivity contribution in [3.8, 4) is 0 Å². The number of alkyl carbamates (subject to hydrolysis) is 1. The maximum atomic E-state index is 14.1. The lowest BCUT2D eigenvalue weighted by atomic mass is 9.88. The first-order valence-electron chi connectivity index (χ1n) is 14.9. The number of aromatic amines is 1. The van der Waals surface area contributed by atoms with E-state index < -0.39 is 38.1 Å². The number of nitrogens with zero attached hydrogens (tertiary/aromatic N) is 1. The third-order valence-corrected chi connectivity index (χ3v) is 12.9. The molecule has 43 heavy (non-hydrogen) atoms. The Hall–Kier alpha value is -3.37. The highest BCUT2D eigenvalue weighted by atomic mass is 28.4. The number of carbonyl (C=O) groups excluding carboxylic acids is 2. The van der Waals surface area contributed by atoms with E-state index >= 15 is 0 Å². The van der Waals surface area contributed by atoms with Gasteiger partial charge in [0.1, 0.15) is 18.0 Å². The van der Waals surface area contributed by atoms with E-state index in [2.05, 4.69) is 44.2 Å². The molecule has 0 unspecified atom stereocenters. The average molecular weight is 612 g/mol. The number of halogens is 1. The third-order valence-electron chi connectivity index (χ3n) is 8.44. The van der Waals surface area contributed by atoms with Gasteiger partial charge in [-0.1, -0.05) is 51.1 Å². The van der Waals surface area contributed by atoms with Crippen LogP contribution in [0, 0.1) is 5.82 Å². The Balaban J connectivity index is 1.71. The van der Waals surface area contributed by atoms with Gasteiger partial charge in [-0.15, -0.1) is 0 Å². The summed E-state index contributed by atoms with van der Waals surface area (Å²) in [7, 11) is -2.26. The lowest BCUT2D eigenvalue weighted by Gasteiger charge is -2.42. The minimum absolute atomic E-state index is 0.0514. The fourth-order valence-corrected chi connectivity index (χ4v) is 6.66. The molecule has 3 aromatic rings. The molecule has 1 aliphatic heterocycles. The van der Waals surface area contributed by atoms with Crippen molar-refractivity contribution in [1.29, 1.82) is 0 Å². The second-order valence-corrected chi connectivity index (χ2v) is 18.6. The highest BCUT2D eigenvalue weighted by Crippen LogP contribution is 2.43. The number of benzene rings is 2. The number of fused-ring (bicyclic) bond motifs is 1. The molecule has 1 fully saturated rings. The Morgan fingerprint density at radius 3 is 2.44 bits per heavy atom. The summed E-state index contributed by atoms with van der Waals surface area (Å²) in [6.07, 6.45) is 1.17.